The molecule has 0 aromatic heterocycles. The summed E-state index contributed by atoms with van der Waals surface area (Å²) in [5.41, 5.74) is 4.42. The highest BCUT2D eigenvalue weighted by Gasteiger charge is 2.45. The maximum absolute atomic E-state index is 4.08. The van der Waals surface area contributed by atoms with Crippen LogP contribution >= 0.6 is 0 Å². The Morgan fingerprint density at radius 2 is 1.88 bits per heavy atom. The van der Waals surface area contributed by atoms with Gasteiger partial charge in [0.05, 0.1) is 5.54 Å². The molecule has 3 N–H and O–H groups in total. The van der Waals surface area contributed by atoms with Crippen molar-refractivity contribution in [1.82, 2.24) is 0 Å². The molecule has 0 spiro atoms. The molecule has 2 unspecified atom stereocenters. The lowest BCUT2D eigenvalue weighted by molar-refractivity contribution is -0.473. The minimum atomic E-state index is 0.333. The molecule has 1 aliphatic rings. The van der Waals surface area contributed by atoms with Crippen molar-refractivity contribution < 1.29 is 5.73 Å². The van der Waals surface area contributed by atoms with Crippen molar-refractivity contribution in [3.8, 4) is 0 Å². The van der Waals surface area contributed by atoms with Crippen molar-refractivity contribution in [2.75, 3.05) is 0 Å². The van der Waals surface area contributed by atoms with Gasteiger partial charge in [0, 0.05) is 5.92 Å². The molecule has 1 fully saturated rings. The molecule has 0 aromatic rings. The SMILES string of the molecule is CC1CC1C(C)(C)[NH3+]. The first-order valence-corrected chi connectivity index (χ1v) is 3.37. The van der Waals surface area contributed by atoms with Gasteiger partial charge in [-0.25, -0.2) is 0 Å². The van der Waals surface area contributed by atoms with Gasteiger partial charge in [0.25, 0.3) is 0 Å². The first-order valence-electron chi connectivity index (χ1n) is 3.37. The van der Waals surface area contributed by atoms with Gasteiger partial charge < -0.3 is 5.73 Å². The minimum absolute atomic E-state index is 0.333. The maximum atomic E-state index is 4.08. The Kier molecular flexibility index (Phi) is 1.12. The van der Waals surface area contributed by atoms with E-state index in [2.05, 4.69) is 26.5 Å². The van der Waals surface area contributed by atoms with Crippen molar-refractivity contribution in [1.29, 1.82) is 0 Å². The topological polar surface area (TPSA) is 27.6 Å². The van der Waals surface area contributed by atoms with Gasteiger partial charge in [0.2, 0.25) is 0 Å². The van der Waals surface area contributed by atoms with Crippen molar-refractivity contribution in [3.05, 3.63) is 0 Å². The highest BCUT2D eigenvalue weighted by atomic mass is 14.8. The van der Waals surface area contributed by atoms with E-state index in [1.165, 1.54) is 6.42 Å². The van der Waals surface area contributed by atoms with Crippen LogP contribution in [-0.2, 0) is 0 Å². The van der Waals surface area contributed by atoms with Crippen LogP contribution in [0.2, 0.25) is 0 Å². The van der Waals surface area contributed by atoms with Crippen molar-refractivity contribution in [3.63, 3.8) is 0 Å². The third-order valence-electron chi connectivity index (χ3n) is 2.11. The molecular weight excluding hydrogens is 98.1 g/mol. The number of hydrogen-bond acceptors (Lipinski definition) is 0. The largest absolute Gasteiger partial charge is 0.353 e. The molecule has 1 saturated carbocycles. The van der Waals surface area contributed by atoms with Gasteiger partial charge in [-0.2, -0.15) is 0 Å². The summed E-state index contributed by atoms with van der Waals surface area (Å²) < 4.78 is 0. The summed E-state index contributed by atoms with van der Waals surface area (Å²) >= 11 is 0. The molecule has 0 bridgehead atoms. The molecule has 0 amide bonds. The third-order valence-corrected chi connectivity index (χ3v) is 2.11. The average Bonchev–Trinajstić information content (AvgIpc) is 2.13. The summed E-state index contributed by atoms with van der Waals surface area (Å²) in [4.78, 5) is 0. The Balaban J connectivity index is 2.39. The Bertz CT molecular complexity index is 91.1. The lowest BCUT2D eigenvalue weighted by Gasteiger charge is -2.12. The fourth-order valence-corrected chi connectivity index (χ4v) is 1.41. The Hall–Kier alpha value is -0.0400. The molecule has 1 nitrogen and oxygen atoms in total. The van der Waals surface area contributed by atoms with Crippen LogP contribution in [0.1, 0.15) is 27.2 Å². The summed E-state index contributed by atoms with van der Waals surface area (Å²) in [7, 11) is 0. The van der Waals surface area contributed by atoms with Gasteiger partial charge >= 0.3 is 0 Å². The first kappa shape index (κ1) is 6.09. The van der Waals surface area contributed by atoms with Crippen LogP contribution < -0.4 is 5.73 Å². The predicted octanol–water partition coefficient (Wildman–Crippen LogP) is 0.663. The van der Waals surface area contributed by atoms with E-state index in [0.29, 0.717) is 5.54 Å². The Morgan fingerprint density at radius 1 is 1.50 bits per heavy atom. The van der Waals surface area contributed by atoms with E-state index in [1.54, 1.807) is 0 Å². The van der Waals surface area contributed by atoms with E-state index in [-0.39, 0.29) is 0 Å². The molecule has 1 heteroatoms. The van der Waals surface area contributed by atoms with Gasteiger partial charge in [-0.1, -0.05) is 6.92 Å². The van der Waals surface area contributed by atoms with Crippen LogP contribution in [0, 0.1) is 11.8 Å². The fraction of sp³-hybridized carbons (Fsp3) is 1.00. The summed E-state index contributed by atoms with van der Waals surface area (Å²) in [5.74, 6) is 1.85. The second-order valence-electron chi connectivity index (χ2n) is 3.81. The molecule has 48 valence electrons. The highest BCUT2D eigenvalue weighted by Crippen LogP contribution is 2.43. The zero-order chi connectivity index (χ0) is 6.36. The quantitative estimate of drug-likeness (QED) is 0.519. The molecule has 0 aliphatic heterocycles. The second-order valence-corrected chi connectivity index (χ2v) is 3.81. The van der Waals surface area contributed by atoms with Crippen LogP contribution in [0.4, 0.5) is 0 Å². The molecule has 0 aromatic carbocycles. The van der Waals surface area contributed by atoms with Crippen LogP contribution in [0.15, 0.2) is 0 Å². The van der Waals surface area contributed by atoms with Crippen molar-refractivity contribution in [2.45, 2.75) is 32.7 Å². The molecule has 0 heterocycles. The monoisotopic (exact) mass is 114 g/mol. The molecule has 1 aliphatic carbocycles. The van der Waals surface area contributed by atoms with Gasteiger partial charge in [-0.05, 0) is 26.2 Å². The van der Waals surface area contributed by atoms with Gasteiger partial charge in [0.15, 0.2) is 0 Å². The molecular formula is C7H16N+. The van der Waals surface area contributed by atoms with E-state index < -0.39 is 0 Å². The summed E-state index contributed by atoms with van der Waals surface area (Å²) in [6.45, 7) is 6.75. The smallest absolute Gasteiger partial charge is 0.0920 e. The molecule has 2 atom stereocenters. The zero-order valence-corrected chi connectivity index (χ0v) is 6.07. The Labute approximate surface area is 51.3 Å². The summed E-state index contributed by atoms with van der Waals surface area (Å²) in [5, 5.41) is 0. The summed E-state index contributed by atoms with van der Waals surface area (Å²) in [6, 6.07) is 0. The lowest BCUT2D eigenvalue weighted by Crippen LogP contribution is -2.70. The molecule has 0 saturated heterocycles. The van der Waals surface area contributed by atoms with Crippen LogP contribution in [0.5, 0.6) is 0 Å². The highest BCUT2D eigenvalue weighted by molar-refractivity contribution is 4.92. The van der Waals surface area contributed by atoms with Crippen LogP contribution in [-0.4, -0.2) is 5.54 Å². The second kappa shape index (κ2) is 1.47. The van der Waals surface area contributed by atoms with E-state index >= 15 is 0 Å². The van der Waals surface area contributed by atoms with Gasteiger partial charge in [0.1, 0.15) is 0 Å². The van der Waals surface area contributed by atoms with E-state index in [1.807, 2.05) is 0 Å². The number of hydrogen-bond donors (Lipinski definition) is 1. The standard InChI is InChI=1S/C7H15N/c1-5-4-6(5)7(2,3)8/h5-6H,4,8H2,1-3H3/p+1. The minimum Gasteiger partial charge on any atom is -0.353 e. The van der Waals surface area contributed by atoms with Crippen molar-refractivity contribution in [2.24, 2.45) is 11.8 Å². The fourth-order valence-electron chi connectivity index (χ4n) is 1.41. The molecule has 8 heavy (non-hydrogen) atoms. The molecule has 0 radical (unpaired) electrons. The Morgan fingerprint density at radius 3 is 1.88 bits per heavy atom. The number of quaternary nitrogens is 1. The zero-order valence-electron chi connectivity index (χ0n) is 6.07. The van der Waals surface area contributed by atoms with Crippen LogP contribution in [0.25, 0.3) is 0 Å². The van der Waals surface area contributed by atoms with E-state index in [9.17, 15) is 0 Å². The summed E-state index contributed by atoms with van der Waals surface area (Å²) in [6.07, 6.45) is 1.40. The maximum Gasteiger partial charge on any atom is 0.0920 e. The first-order chi connectivity index (χ1) is 3.52. The van der Waals surface area contributed by atoms with E-state index in [4.69, 9.17) is 0 Å². The molecule has 1 rings (SSSR count). The van der Waals surface area contributed by atoms with Crippen molar-refractivity contribution >= 4 is 0 Å². The average molecular weight is 114 g/mol. The third kappa shape index (κ3) is 1.03. The number of rotatable bonds is 1. The lowest BCUT2D eigenvalue weighted by atomic mass is 9.99. The predicted molar refractivity (Wildman–Crippen MR) is 34.2 cm³/mol. The normalized spacial score (nSPS) is 37.5. The van der Waals surface area contributed by atoms with Gasteiger partial charge in [-0.15, -0.1) is 0 Å². The van der Waals surface area contributed by atoms with Gasteiger partial charge in [-0.3, -0.25) is 0 Å². The van der Waals surface area contributed by atoms with Crippen LogP contribution in [0.3, 0.4) is 0 Å². The van der Waals surface area contributed by atoms with E-state index in [0.717, 1.165) is 11.8 Å².